The molecule has 0 amide bonds. The van der Waals surface area contributed by atoms with Crippen LogP contribution in [0.25, 0.3) is 0 Å². The third-order valence-electron chi connectivity index (χ3n) is 8.03. The fraction of sp³-hybridized carbons (Fsp3) is 0.833. The number of rotatable bonds is 25. The second-order valence-electron chi connectivity index (χ2n) is 10.7. The van der Waals surface area contributed by atoms with Gasteiger partial charge in [0.2, 0.25) is 0 Å². The minimum Gasteiger partial charge on any atom is -0.544 e. The molecule has 0 aromatic rings. The van der Waals surface area contributed by atoms with E-state index in [1.165, 1.54) is 97.8 Å². The maximum absolute atomic E-state index is 11.8. The Bertz CT molecular complexity index is 612. The van der Waals surface area contributed by atoms with Crippen molar-refractivity contribution in [1.82, 2.24) is 0 Å². The summed E-state index contributed by atoms with van der Waals surface area (Å²) in [7, 11) is 0. The van der Waals surface area contributed by atoms with Crippen molar-refractivity contribution in [3.63, 3.8) is 0 Å². The molecule has 0 aliphatic rings. The van der Waals surface area contributed by atoms with E-state index in [0.717, 1.165) is 25.7 Å². The summed E-state index contributed by atoms with van der Waals surface area (Å²) in [4.78, 5) is 35.2. The molecule has 0 rings (SSSR count). The number of hydrogen-bond donors (Lipinski definition) is 2. The van der Waals surface area contributed by atoms with E-state index < -0.39 is 40.5 Å². The Morgan fingerprint density at radius 2 is 0.973 bits per heavy atom. The summed E-state index contributed by atoms with van der Waals surface area (Å²) in [5.74, 6) is -3.82. The molecule has 37 heavy (non-hydrogen) atoms. The van der Waals surface area contributed by atoms with Crippen LogP contribution < -0.4 is 5.11 Å². The normalized spacial score (nSPS) is 15.8. The quantitative estimate of drug-likeness (QED) is 0.0846. The fourth-order valence-electron chi connectivity index (χ4n) is 5.36. The number of aliphatic carboxylic acids is 3. The molecule has 7 nitrogen and oxygen atoms in total. The van der Waals surface area contributed by atoms with Gasteiger partial charge in [-0.3, -0.25) is 4.48 Å². The summed E-state index contributed by atoms with van der Waals surface area (Å²) in [5, 5.41) is 30.9. The van der Waals surface area contributed by atoms with Crippen molar-refractivity contribution in [2.24, 2.45) is 0 Å². The van der Waals surface area contributed by atoms with Crippen LogP contribution in [-0.2, 0) is 14.4 Å². The zero-order valence-electron chi connectivity index (χ0n) is 24.1. The van der Waals surface area contributed by atoms with Crippen LogP contribution in [0.3, 0.4) is 0 Å². The van der Waals surface area contributed by atoms with Crippen LogP contribution in [0, 0.1) is 0 Å². The molecule has 216 valence electrons. The molecule has 7 heteroatoms. The van der Waals surface area contributed by atoms with Crippen molar-refractivity contribution in [2.75, 3.05) is 6.54 Å². The Kier molecular flexibility index (Phi) is 20.0. The van der Waals surface area contributed by atoms with Crippen LogP contribution in [0.4, 0.5) is 0 Å². The van der Waals surface area contributed by atoms with E-state index in [2.05, 4.69) is 19.1 Å². The summed E-state index contributed by atoms with van der Waals surface area (Å²) < 4.78 is -0.541. The Hall–Kier alpha value is -1.89. The van der Waals surface area contributed by atoms with Crippen LogP contribution >= 0.6 is 0 Å². The van der Waals surface area contributed by atoms with Gasteiger partial charge in [0, 0.05) is 0 Å². The van der Waals surface area contributed by atoms with E-state index in [1.54, 1.807) is 0 Å². The van der Waals surface area contributed by atoms with Gasteiger partial charge in [-0.05, 0) is 59.3 Å². The SMILES string of the molecule is CCCCCCC/C=C/CCCCCCCCCCCC[N+](C(C)C(=O)[O-])(C(C)C(=O)O)C(C)C(=O)O. The highest BCUT2D eigenvalue weighted by atomic mass is 16.4. The lowest BCUT2D eigenvalue weighted by Crippen LogP contribution is -2.72. The summed E-state index contributed by atoms with van der Waals surface area (Å²) in [6, 6.07) is -3.56. The van der Waals surface area contributed by atoms with E-state index in [0.29, 0.717) is 6.42 Å². The van der Waals surface area contributed by atoms with E-state index >= 15 is 0 Å². The van der Waals surface area contributed by atoms with Gasteiger partial charge in [-0.1, -0.05) is 89.7 Å². The fourth-order valence-corrected chi connectivity index (χ4v) is 5.36. The van der Waals surface area contributed by atoms with E-state index in [4.69, 9.17) is 0 Å². The average molecular weight is 526 g/mol. The maximum Gasteiger partial charge on any atom is 0.362 e. The predicted octanol–water partition coefficient (Wildman–Crippen LogP) is 6.10. The smallest absolute Gasteiger partial charge is 0.362 e. The van der Waals surface area contributed by atoms with Crippen LogP contribution in [-0.4, -0.2) is 57.3 Å². The molecule has 2 N–H and O–H groups in total. The molecule has 0 spiro atoms. The first-order valence-electron chi connectivity index (χ1n) is 14.8. The number of allylic oxidation sites excluding steroid dienone is 2. The molecular formula is C30H55NO6. The number of unbranched alkanes of at least 4 members (excludes halogenated alkanes) is 15. The maximum atomic E-state index is 11.8. The van der Waals surface area contributed by atoms with E-state index in [1.807, 2.05) is 0 Å². The average Bonchev–Trinajstić information content (AvgIpc) is 2.86. The highest BCUT2D eigenvalue weighted by Gasteiger charge is 2.50. The topological polar surface area (TPSA) is 115 Å². The Morgan fingerprint density at radius 3 is 1.32 bits per heavy atom. The first kappa shape index (κ1) is 35.1. The molecule has 0 aliphatic carbocycles. The van der Waals surface area contributed by atoms with Gasteiger partial charge in [0.15, 0.2) is 12.1 Å². The summed E-state index contributed by atoms with van der Waals surface area (Å²) in [6.45, 7) is 6.58. The summed E-state index contributed by atoms with van der Waals surface area (Å²) in [6.07, 6.45) is 24.7. The predicted molar refractivity (Wildman–Crippen MR) is 147 cm³/mol. The first-order chi connectivity index (χ1) is 17.6. The van der Waals surface area contributed by atoms with Crippen molar-refractivity contribution in [1.29, 1.82) is 0 Å². The molecule has 0 fully saturated rings. The van der Waals surface area contributed by atoms with Gasteiger partial charge in [-0.15, -0.1) is 0 Å². The van der Waals surface area contributed by atoms with Gasteiger partial charge in [-0.2, -0.15) is 0 Å². The zero-order valence-corrected chi connectivity index (χ0v) is 24.1. The van der Waals surface area contributed by atoms with Gasteiger partial charge in [0.1, 0.15) is 6.04 Å². The van der Waals surface area contributed by atoms with Crippen molar-refractivity contribution < 1.29 is 34.2 Å². The van der Waals surface area contributed by atoms with E-state index in [-0.39, 0.29) is 6.54 Å². The zero-order chi connectivity index (χ0) is 28.1. The van der Waals surface area contributed by atoms with Crippen LogP contribution in [0.15, 0.2) is 12.2 Å². The van der Waals surface area contributed by atoms with Crippen molar-refractivity contribution in [2.45, 2.75) is 155 Å². The van der Waals surface area contributed by atoms with Crippen LogP contribution in [0.1, 0.15) is 137 Å². The summed E-state index contributed by atoms with van der Waals surface area (Å²) >= 11 is 0. The molecule has 0 heterocycles. The number of carbonyl (C=O) groups excluding carboxylic acids is 1. The van der Waals surface area contributed by atoms with Gasteiger partial charge < -0.3 is 20.1 Å². The lowest BCUT2D eigenvalue weighted by molar-refractivity contribution is -0.969. The third-order valence-corrected chi connectivity index (χ3v) is 8.03. The largest absolute Gasteiger partial charge is 0.544 e. The van der Waals surface area contributed by atoms with Gasteiger partial charge in [0.25, 0.3) is 0 Å². The van der Waals surface area contributed by atoms with Crippen molar-refractivity contribution >= 4 is 17.9 Å². The summed E-state index contributed by atoms with van der Waals surface area (Å²) in [5.41, 5.74) is 0. The van der Waals surface area contributed by atoms with Crippen LogP contribution in [0.2, 0.25) is 0 Å². The van der Waals surface area contributed by atoms with Gasteiger partial charge in [0.05, 0.1) is 12.5 Å². The molecule has 0 aromatic heterocycles. The molecule has 0 bridgehead atoms. The number of nitrogens with zero attached hydrogens (tertiary/aromatic N) is 1. The van der Waals surface area contributed by atoms with Gasteiger partial charge in [-0.25, -0.2) is 9.59 Å². The third kappa shape index (κ3) is 14.0. The number of carbonyl (C=O) groups is 3. The number of quaternary nitrogens is 1. The molecule has 3 unspecified atom stereocenters. The molecule has 0 radical (unpaired) electrons. The molecule has 0 aromatic carbocycles. The monoisotopic (exact) mass is 525 g/mol. The minimum absolute atomic E-state index is 0.184. The molecule has 0 saturated carbocycles. The van der Waals surface area contributed by atoms with E-state index in [9.17, 15) is 29.7 Å². The standard InChI is InChI=1S/C30H55NO6/c1-5-6-7-8-9-10-11-12-13-14-15-16-17-18-19-20-21-22-23-24-31(25(2)28(32)33,26(3)29(34)35)27(4)30(36)37/h11-12,25-27H,5-10,13-24H2,1-4H3,(H2-,32,33,34,35,36,37)/b12-11+. The van der Waals surface area contributed by atoms with Crippen LogP contribution in [0.5, 0.6) is 0 Å². The number of carboxylic acids is 3. The van der Waals surface area contributed by atoms with Crippen molar-refractivity contribution in [3.8, 4) is 0 Å². The molecule has 3 atom stereocenters. The molecular weight excluding hydrogens is 470 g/mol. The first-order valence-corrected chi connectivity index (χ1v) is 14.8. The lowest BCUT2D eigenvalue weighted by Gasteiger charge is -2.49. The Balaban J connectivity index is 4.15. The molecule has 0 aliphatic heterocycles. The Labute approximate surface area is 225 Å². The van der Waals surface area contributed by atoms with Gasteiger partial charge >= 0.3 is 11.9 Å². The molecule has 0 saturated heterocycles. The second kappa shape index (κ2) is 21.1. The Morgan fingerprint density at radius 1 is 0.622 bits per heavy atom. The number of hydrogen-bond acceptors (Lipinski definition) is 4. The highest BCUT2D eigenvalue weighted by molar-refractivity contribution is 5.76. The minimum atomic E-state index is -1.42. The second-order valence-corrected chi connectivity index (χ2v) is 10.7. The number of carboxylic acid groups (broad SMARTS) is 3. The van der Waals surface area contributed by atoms with Crippen molar-refractivity contribution in [3.05, 3.63) is 12.2 Å². The lowest BCUT2D eigenvalue weighted by atomic mass is 10.00. The highest BCUT2D eigenvalue weighted by Crippen LogP contribution is 2.27.